The first kappa shape index (κ1) is 28.7. The van der Waals surface area contributed by atoms with E-state index in [9.17, 15) is 9.18 Å². The standard InChI is InChI=1S/C32H35FN2O5/c1-34(16-15-23-11-13-29(38-3)31(19-23)39-4)32(36)30-14-12-28(40-30)22-35(20-24-7-5-9-26(33)17-24)21-25-8-6-10-27(18-25)37-2/h5-14,17-19H,15-16,20-22H2,1-4H3. The van der Waals surface area contributed by atoms with E-state index in [1.165, 1.54) is 12.1 Å². The highest BCUT2D eigenvalue weighted by molar-refractivity contribution is 5.91. The first-order valence-electron chi connectivity index (χ1n) is 13.0. The minimum atomic E-state index is -0.277. The molecule has 0 radical (unpaired) electrons. The lowest BCUT2D eigenvalue weighted by atomic mass is 10.1. The van der Waals surface area contributed by atoms with Gasteiger partial charge >= 0.3 is 0 Å². The molecule has 0 aliphatic rings. The van der Waals surface area contributed by atoms with Gasteiger partial charge in [-0.05, 0) is 71.6 Å². The second-order valence-electron chi connectivity index (χ2n) is 9.56. The molecule has 0 saturated heterocycles. The van der Waals surface area contributed by atoms with Crippen LogP contribution in [0.15, 0.2) is 83.3 Å². The largest absolute Gasteiger partial charge is 0.497 e. The first-order chi connectivity index (χ1) is 19.4. The second kappa shape index (κ2) is 13.7. The number of rotatable bonds is 13. The summed E-state index contributed by atoms with van der Waals surface area (Å²) in [7, 11) is 6.59. The highest BCUT2D eigenvalue weighted by Crippen LogP contribution is 2.28. The van der Waals surface area contributed by atoms with Crippen molar-refractivity contribution in [2.75, 3.05) is 34.9 Å². The maximum Gasteiger partial charge on any atom is 0.289 e. The maximum atomic E-state index is 13.9. The van der Waals surface area contributed by atoms with Gasteiger partial charge in [0.2, 0.25) is 0 Å². The highest BCUT2D eigenvalue weighted by atomic mass is 19.1. The van der Waals surface area contributed by atoms with E-state index in [-0.39, 0.29) is 17.5 Å². The van der Waals surface area contributed by atoms with Gasteiger partial charge in [-0.2, -0.15) is 0 Å². The topological polar surface area (TPSA) is 64.4 Å². The number of benzene rings is 3. The zero-order valence-corrected chi connectivity index (χ0v) is 23.4. The molecule has 0 spiro atoms. The van der Waals surface area contributed by atoms with Crippen LogP contribution in [0.1, 0.15) is 33.0 Å². The molecule has 1 amide bonds. The number of carbonyl (C=O) groups excluding carboxylic acids is 1. The number of nitrogens with zero attached hydrogens (tertiary/aromatic N) is 2. The fourth-order valence-electron chi connectivity index (χ4n) is 4.51. The number of methoxy groups -OCH3 is 3. The zero-order chi connectivity index (χ0) is 28.5. The monoisotopic (exact) mass is 546 g/mol. The molecule has 0 unspecified atom stereocenters. The maximum absolute atomic E-state index is 13.9. The summed E-state index contributed by atoms with van der Waals surface area (Å²) in [6, 6.07) is 23.6. The average molecular weight is 547 g/mol. The Morgan fingerprint density at radius 2 is 1.50 bits per heavy atom. The molecule has 3 aromatic carbocycles. The summed E-state index contributed by atoms with van der Waals surface area (Å²) in [5, 5.41) is 0. The smallest absolute Gasteiger partial charge is 0.289 e. The molecule has 0 bridgehead atoms. The van der Waals surface area contributed by atoms with Crippen molar-refractivity contribution >= 4 is 5.91 Å². The van der Waals surface area contributed by atoms with Crippen molar-refractivity contribution in [1.82, 2.24) is 9.80 Å². The normalized spacial score (nSPS) is 10.9. The summed E-state index contributed by atoms with van der Waals surface area (Å²) >= 11 is 0. The Kier molecular flexibility index (Phi) is 9.81. The van der Waals surface area contributed by atoms with E-state index in [0.717, 1.165) is 22.4 Å². The molecule has 7 nitrogen and oxygen atoms in total. The van der Waals surface area contributed by atoms with E-state index in [1.807, 2.05) is 54.6 Å². The molecular formula is C32H35FN2O5. The van der Waals surface area contributed by atoms with Crippen LogP contribution >= 0.6 is 0 Å². The summed E-state index contributed by atoms with van der Waals surface area (Å²) in [5.41, 5.74) is 2.93. The van der Waals surface area contributed by atoms with Crippen LogP contribution in [0.3, 0.4) is 0 Å². The third kappa shape index (κ3) is 7.64. The number of amides is 1. The van der Waals surface area contributed by atoms with E-state index in [2.05, 4.69) is 4.90 Å². The molecular weight excluding hydrogens is 511 g/mol. The van der Waals surface area contributed by atoms with Crippen LogP contribution in [0.2, 0.25) is 0 Å². The van der Waals surface area contributed by atoms with Crippen LogP contribution in [0.25, 0.3) is 0 Å². The van der Waals surface area contributed by atoms with Crippen LogP contribution in [-0.4, -0.2) is 50.6 Å². The summed E-state index contributed by atoms with van der Waals surface area (Å²) in [6.45, 7) is 2.04. The fourth-order valence-corrected chi connectivity index (χ4v) is 4.51. The summed E-state index contributed by atoms with van der Waals surface area (Å²) in [5.74, 6) is 2.54. The molecule has 0 aliphatic carbocycles. The lowest BCUT2D eigenvalue weighted by Crippen LogP contribution is -2.28. The van der Waals surface area contributed by atoms with Crippen molar-refractivity contribution in [1.29, 1.82) is 0 Å². The van der Waals surface area contributed by atoms with E-state index in [1.54, 1.807) is 45.4 Å². The van der Waals surface area contributed by atoms with Crippen LogP contribution in [0.5, 0.6) is 17.2 Å². The van der Waals surface area contributed by atoms with Gasteiger partial charge in [-0.3, -0.25) is 9.69 Å². The number of ether oxygens (including phenoxy) is 3. The molecule has 1 heterocycles. The Morgan fingerprint density at radius 1 is 0.775 bits per heavy atom. The molecule has 0 fully saturated rings. The van der Waals surface area contributed by atoms with Crippen LogP contribution < -0.4 is 14.2 Å². The Morgan fingerprint density at radius 3 is 2.20 bits per heavy atom. The molecule has 40 heavy (non-hydrogen) atoms. The third-order valence-electron chi connectivity index (χ3n) is 6.62. The Labute approximate surface area is 234 Å². The van der Waals surface area contributed by atoms with Gasteiger partial charge in [0.1, 0.15) is 17.3 Å². The van der Waals surface area contributed by atoms with Crippen LogP contribution in [0, 0.1) is 5.82 Å². The van der Waals surface area contributed by atoms with Crippen molar-refractivity contribution < 1.29 is 27.8 Å². The van der Waals surface area contributed by atoms with Crippen molar-refractivity contribution in [3.8, 4) is 17.2 Å². The Hall–Kier alpha value is -4.30. The van der Waals surface area contributed by atoms with Gasteiger partial charge in [0.15, 0.2) is 17.3 Å². The quantitative estimate of drug-likeness (QED) is 0.206. The van der Waals surface area contributed by atoms with Crippen molar-refractivity contribution in [3.05, 3.63) is 113 Å². The molecule has 210 valence electrons. The number of hydrogen-bond donors (Lipinski definition) is 0. The molecule has 4 rings (SSSR count). The lowest BCUT2D eigenvalue weighted by molar-refractivity contribution is 0.0760. The average Bonchev–Trinajstić information content (AvgIpc) is 3.43. The number of carbonyl (C=O) groups is 1. The van der Waals surface area contributed by atoms with E-state index >= 15 is 0 Å². The van der Waals surface area contributed by atoms with Gasteiger partial charge in [0.05, 0.1) is 27.9 Å². The van der Waals surface area contributed by atoms with Gasteiger partial charge in [-0.15, -0.1) is 0 Å². The van der Waals surface area contributed by atoms with Gasteiger partial charge in [0.25, 0.3) is 5.91 Å². The summed E-state index contributed by atoms with van der Waals surface area (Å²) < 4.78 is 35.9. The van der Waals surface area contributed by atoms with E-state index in [4.69, 9.17) is 18.6 Å². The van der Waals surface area contributed by atoms with Gasteiger partial charge in [-0.25, -0.2) is 4.39 Å². The van der Waals surface area contributed by atoms with E-state index < -0.39 is 0 Å². The fraction of sp³-hybridized carbons (Fsp3) is 0.281. The molecule has 4 aromatic rings. The number of likely N-dealkylation sites (N-methyl/N-ethyl adjacent to an activating group) is 1. The predicted octanol–water partition coefficient (Wildman–Crippen LogP) is 5.96. The SMILES string of the molecule is COc1cccc(CN(Cc2cccc(F)c2)Cc2ccc(C(=O)N(C)CCc3ccc(OC)c(OC)c3)o2)c1. The van der Waals surface area contributed by atoms with Crippen LogP contribution in [-0.2, 0) is 26.1 Å². The predicted molar refractivity (Wildman–Crippen MR) is 151 cm³/mol. The van der Waals surface area contributed by atoms with Gasteiger partial charge in [0, 0.05) is 26.7 Å². The van der Waals surface area contributed by atoms with Crippen LogP contribution in [0.4, 0.5) is 4.39 Å². The minimum Gasteiger partial charge on any atom is -0.497 e. The molecule has 0 atom stereocenters. The van der Waals surface area contributed by atoms with Crippen molar-refractivity contribution in [2.45, 2.75) is 26.1 Å². The Balaban J connectivity index is 1.42. The molecule has 0 saturated carbocycles. The highest BCUT2D eigenvalue weighted by Gasteiger charge is 2.18. The number of halogens is 1. The second-order valence-corrected chi connectivity index (χ2v) is 9.56. The van der Waals surface area contributed by atoms with Crippen molar-refractivity contribution in [2.24, 2.45) is 0 Å². The molecule has 0 aliphatic heterocycles. The molecule has 8 heteroatoms. The minimum absolute atomic E-state index is 0.198. The first-order valence-corrected chi connectivity index (χ1v) is 13.0. The number of hydrogen-bond acceptors (Lipinski definition) is 6. The zero-order valence-electron chi connectivity index (χ0n) is 23.4. The Bertz CT molecular complexity index is 1420. The number of furan rings is 1. The van der Waals surface area contributed by atoms with Gasteiger partial charge in [-0.1, -0.05) is 30.3 Å². The van der Waals surface area contributed by atoms with Gasteiger partial charge < -0.3 is 23.5 Å². The third-order valence-corrected chi connectivity index (χ3v) is 6.62. The lowest BCUT2D eigenvalue weighted by Gasteiger charge is -2.22. The molecule has 0 N–H and O–H groups in total. The van der Waals surface area contributed by atoms with Crippen molar-refractivity contribution in [3.63, 3.8) is 0 Å². The van der Waals surface area contributed by atoms with E-state index in [0.29, 0.717) is 49.9 Å². The summed E-state index contributed by atoms with van der Waals surface area (Å²) in [4.78, 5) is 16.9. The molecule has 1 aromatic heterocycles. The summed E-state index contributed by atoms with van der Waals surface area (Å²) in [6.07, 6.45) is 0.651.